The van der Waals surface area contributed by atoms with Gasteiger partial charge in [0.1, 0.15) is 0 Å². The SMILES string of the molecule is CN(C)S(=O)(=O)c1ccc(C(=O)NCc2ccn(C)c2)cc1. The van der Waals surface area contributed by atoms with Crippen molar-refractivity contribution in [2.75, 3.05) is 14.1 Å². The largest absolute Gasteiger partial charge is 0.357 e. The standard InChI is InChI=1S/C15H19N3O3S/c1-17(2)22(20,21)14-6-4-13(5-7-14)15(19)16-10-12-8-9-18(3)11-12/h4-9,11H,10H2,1-3H3,(H,16,19). The molecule has 1 aromatic heterocycles. The molecule has 1 amide bonds. The van der Waals surface area contributed by atoms with E-state index in [1.165, 1.54) is 38.4 Å². The molecule has 22 heavy (non-hydrogen) atoms. The molecule has 0 fully saturated rings. The summed E-state index contributed by atoms with van der Waals surface area (Å²) in [5.74, 6) is -0.238. The van der Waals surface area contributed by atoms with Gasteiger partial charge in [0.05, 0.1) is 4.90 Å². The highest BCUT2D eigenvalue weighted by Gasteiger charge is 2.17. The van der Waals surface area contributed by atoms with Gasteiger partial charge < -0.3 is 9.88 Å². The van der Waals surface area contributed by atoms with E-state index in [1.54, 1.807) is 0 Å². The number of nitrogens with one attached hydrogen (secondary N) is 1. The Morgan fingerprint density at radius 3 is 2.32 bits per heavy atom. The highest BCUT2D eigenvalue weighted by molar-refractivity contribution is 7.89. The van der Waals surface area contributed by atoms with Crippen molar-refractivity contribution < 1.29 is 13.2 Å². The average Bonchev–Trinajstić information content (AvgIpc) is 2.90. The van der Waals surface area contributed by atoms with E-state index in [4.69, 9.17) is 0 Å². The molecule has 0 aliphatic heterocycles. The van der Waals surface area contributed by atoms with Gasteiger partial charge in [-0.25, -0.2) is 12.7 Å². The van der Waals surface area contributed by atoms with Gasteiger partial charge in [0.2, 0.25) is 10.0 Å². The fourth-order valence-electron chi connectivity index (χ4n) is 1.94. The predicted octanol–water partition coefficient (Wildman–Crippen LogP) is 1.21. The lowest BCUT2D eigenvalue weighted by Crippen LogP contribution is -2.24. The van der Waals surface area contributed by atoms with Crippen LogP contribution in [0.4, 0.5) is 0 Å². The topological polar surface area (TPSA) is 71.4 Å². The van der Waals surface area contributed by atoms with E-state index in [0.29, 0.717) is 12.1 Å². The van der Waals surface area contributed by atoms with Crippen molar-refractivity contribution in [3.8, 4) is 0 Å². The number of hydrogen-bond acceptors (Lipinski definition) is 3. The number of rotatable bonds is 5. The Labute approximate surface area is 130 Å². The van der Waals surface area contributed by atoms with Gasteiger partial charge in [-0.3, -0.25) is 4.79 Å². The minimum Gasteiger partial charge on any atom is -0.357 e. The smallest absolute Gasteiger partial charge is 0.251 e. The van der Waals surface area contributed by atoms with Gasteiger partial charge in [-0.2, -0.15) is 0 Å². The van der Waals surface area contributed by atoms with Crippen LogP contribution in [0.25, 0.3) is 0 Å². The average molecular weight is 321 g/mol. The predicted molar refractivity (Wildman–Crippen MR) is 83.9 cm³/mol. The Kier molecular flexibility index (Phi) is 4.68. The van der Waals surface area contributed by atoms with E-state index in [0.717, 1.165) is 9.87 Å². The summed E-state index contributed by atoms with van der Waals surface area (Å²) in [7, 11) is 1.38. The molecule has 0 aliphatic rings. The van der Waals surface area contributed by atoms with E-state index in [-0.39, 0.29) is 10.8 Å². The zero-order valence-corrected chi connectivity index (χ0v) is 13.6. The van der Waals surface area contributed by atoms with Gasteiger partial charge in [0, 0.05) is 45.6 Å². The number of nitrogens with zero attached hydrogens (tertiary/aromatic N) is 2. The van der Waals surface area contributed by atoms with Crippen LogP contribution in [0.3, 0.4) is 0 Å². The van der Waals surface area contributed by atoms with E-state index < -0.39 is 10.0 Å². The summed E-state index contributed by atoms with van der Waals surface area (Å²) in [4.78, 5) is 12.2. The molecule has 0 saturated carbocycles. The van der Waals surface area contributed by atoms with Crippen LogP contribution in [0.2, 0.25) is 0 Å². The second kappa shape index (κ2) is 6.33. The number of sulfonamides is 1. The zero-order valence-electron chi connectivity index (χ0n) is 12.8. The number of carbonyl (C=O) groups excluding carboxylic acids is 1. The highest BCUT2D eigenvalue weighted by atomic mass is 32.2. The molecular weight excluding hydrogens is 302 g/mol. The maximum Gasteiger partial charge on any atom is 0.251 e. The Morgan fingerprint density at radius 2 is 1.82 bits per heavy atom. The summed E-state index contributed by atoms with van der Waals surface area (Å²) in [6.07, 6.45) is 3.83. The molecule has 0 unspecified atom stereocenters. The second-order valence-electron chi connectivity index (χ2n) is 5.18. The molecule has 0 bridgehead atoms. The number of aryl methyl sites for hydroxylation is 1. The van der Waals surface area contributed by atoms with Gasteiger partial charge in [0.25, 0.3) is 5.91 Å². The van der Waals surface area contributed by atoms with E-state index in [9.17, 15) is 13.2 Å². The zero-order chi connectivity index (χ0) is 16.3. The Morgan fingerprint density at radius 1 is 1.18 bits per heavy atom. The minimum absolute atomic E-state index is 0.164. The van der Waals surface area contributed by atoms with Crippen molar-refractivity contribution in [2.45, 2.75) is 11.4 Å². The summed E-state index contributed by atoms with van der Waals surface area (Å²) < 4.78 is 26.9. The van der Waals surface area contributed by atoms with Gasteiger partial charge in [-0.05, 0) is 35.9 Å². The summed E-state index contributed by atoms with van der Waals surface area (Å²) in [5, 5.41) is 2.80. The molecule has 0 atom stereocenters. The summed E-state index contributed by atoms with van der Waals surface area (Å²) in [6.45, 7) is 0.428. The molecule has 0 aliphatic carbocycles. The molecule has 6 nitrogen and oxygen atoms in total. The highest BCUT2D eigenvalue weighted by Crippen LogP contribution is 2.14. The maximum atomic E-state index is 12.0. The number of hydrogen-bond donors (Lipinski definition) is 1. The van der Waals surface area contributed by atoms with Crippen LogP contribution >= 0.6 is 0 Å². The number of aromatic nitrogens is 1. The molecule has 0 spiro atoms. The quantitative estimate of drug-likeness (QED) is 0.899. The van der Waals surface area contributed by atoms with Crippen molar-refractivity contribution in [3.05, 3.63) is 53.9 Å². The fourth-order valence-corrected chi connectivity index (χ4v) is 2.84. The van der Waals surface area contributed by atoms with Crippen LogP contribution in [0.1, 0.15) is 15.9 Å². The van der Waals surface area contributed by atoms with Crippen LogP contribution < -0.4 is 5.32 Å². The first kappa shape index (κ1) is 16.3. The van der Waals surface area contributed by atoms with Crippen LogP contribution in [-0.2, 0) is 23.6 Å². The summed E-state index contributed by atoms with van der Waals surface area (Å²) in [5.41, 5.74) is 1.43. The van der Waals surface area contributed by atoms with Gasteiger partial charge >= 0.3 is 0 Å². The van der Waals surface area contributed by atoms with Crippen molar-refractivity contribution in [1.82, 2.24) is 14.2 Å². The third-order valence-electron chi connectivity index (χ3n) is 3.24. The number of benzene rings is 1. The van der Waals surface area contributed by atoms with E-state index >= 15 is 0 Å². The molecule has 2 aromatic rings. The van der Waals surface area contributed by atoms with Gasteiger partial charge in [-0.15, -0.1) is 0 Å². The lowest BCUT2D eigenvalue weighted by Gasteiger charge is -2.11. The molecule has 1 N–H and O–H groups in total. The van der Waals surface area contributed by atoms with E-state index in [2.05, 4.69) is 5.32 Å². The fraction of sp³-hybridized carbons (Fsp3) is 0.267. The van der Waals surface area contributed by atoms with Crippen LogP contribution in [0, 0.1) is 0 Å². The molecule has 118 valence electrons. The van der Waals surface area contributed by atoms with Crippen LogP contribution in [-0.4, -0.2) is 37.3 Å². The Balaban J connectivity index is 2.05. The molecule has 1 heterocycles. The van der Waals surface area contributed by atoms with Gasteiger partial charge in [-0.1, -0.05) is 0 Å². The number of amides is 1. The molecule has 1 aromatic carbocycles. The maximum absolute atomic E-state index is 12.0. The molecule has 0 saturated heterocycles. The Hall–Kier alpha value is -2.12. The lowest BCUT2D eigenvalue weighted by molar-refractivity contribution is 0.0951. The molecule has 7 heteroatoms. The first-order valence-corrected chi connectivity index (χ1v) is 8.16. The van der Waals surface area contributed by atoms with Crippen molar-refractivity contribution >= 4 is 15.9 Å². The molecule has 0 radical (unpaired) electrons. The van der Waals surface area contributed by atoms with Crippen LogP contribution in [0.15, 0.2) is 47.6 Å². The summed E-state index contributed by atoms with van der Waals surface area (Å²) >= 11 is 0. The molecular formula is C15H19N3O3S. The first-order valence-electron chi connectivity index (χ1n) is 6.72. The second-order valence-corrected chi connectivity index (χ2v) is 7.33. The van der Waals surface area contributed by atoms with Gasteiger partial charge in [0.15, 0.2) is 0 Å². The lowest BCUT2D eigenvalue weighted by atomic mass is 10.2. The minimum atomic E-state index is -3.47. The first-order chi connectivity index (χ1) is 10.3. The van der Waals surface area contributed by atoms with Crippen molar-refractivity contribution in [3.63, 3.8) is 0 Å². The van der Waals surface area contributed by atoms with E-state index in [1.807, 2.05) is 30.1 Å². The van der Waals surface area contributed by atoms with Crippen LogP contribution in [0.5, 0.6) is 0 Å². The summed E-state index contributed by atoms with van der Waals surface area (Å²) in [6, 6.07) is 7.82. The monoisotopic (exact) mass is 321 g/mol. The van der Waals surface area contributed by atoms with Crippen molar-refractivity contribution in [2.24, 2.45) is 7.05 Å². The third-order valence-corrected chi connectivity index (χ3v) is 5.07. The third kappa shape index (κ3) is 3.55. The number of carbonyl (C=O) groups is 1. The Bertz CT molecular complexity index is 762. The molecule has 2 rings (SSSR count). The normalized spacial score (nSPS) is 11.6. The van der Waals surface area contributed by atoms with Crippen molar-refractivity contribution in [1.29, 1.82) is 0 Å².